The molecule has 1 rings (SSSR count). The summed E-state index contributed by atoms with van der Waals surface area (Å²) >= 11 is 1.63. The fourth-order valence-corrected chi connectivity index (χ4v) is 5.95. The van der Waals surface area contributed by atoms with Crippen LogP contribution >= 0.6 is 23.5 Å². The Balaban J connectivity index is 3.04. The van der Waals surface area contributed by atoms with E-state index in [1.807, 2.05) is 0 Å². The number of carbonyl (C=O) groups excluding carboxylic acids is 7. The van der Waals surface area contributed by atoms with Crippen LogP contribution in [0.3, 0.4) is 0 Å². The SMILES string of the molecule is COC(=O)c1cccc(NC(=O)CSCC(NC(=O)CCC(N)C(=O)O)C(=O)NCC(=O)O)c1NC(=O)CSCC(NC(=O)CCC(N)C(=O)O)C(=O)NCC(=O)O. The van der Waals surface area contributed by atoms with Crippen molar-refractivity contribution in [2.24, 2.45) is 11.5 Å². The summed E-state index contributed by atoms with van der Waals surface area (Å²) < 4.78 is 4.78. The highest BCUT2D eigenvalue weighted by Gasteiger charge is 2.26. The van der Waals surface area contributed by atoms with Crippen molar-refractivity contribution in [3.05, 3.63) is 23.8 Å². The van der Waals surface area contributed by atoms with Gasteiger partial charge >= 0.3 is 29.8 Å². The largest absolute Gasteiger partial charge is 0.480 e. The van der Waals surface area contributed by atoms with Crippen LogP contribution in [0.2, 0.25) is 0 Å². The van der Waals surface area contributed by atoms with Crippen molar-refractivity contribution < 1.29 is 77.9 Å². The molecule has 0 fully saturated rings. The Morgan fingerprint density at radius 1 is 0.655 bits per heavy atom. The van der Waals surface area contributed by atoms with E-state index in [4.69, 9.17) is 36.6 Å². The van der Waals surface area contributed by atoms with Gasteiger partial charge in [-0.25, -0.2) is 4.79 Å². The second-order valence-electron chi connectivity index (χ2n) is 11.8. The number of hydrogen-bond donors (Lipinski definition) is 12. The minimum atomic E-state index is -1.38. The normalized spacial score (nSPS) is 12.6. The van der Waals surface area contributed by atoms with Crippen LogP contribution in [0.4, 0.5) is 11.4 Å². The number of amides is 6. The van der Waals surface area contributed by atoms with Crippen LogP contribution in [0.15, 0.2) is 18.2 Å². The molecule has 14 N–H and O–H groups in total. The second-order valence-corrected chi connectivity index (χ2v) is 13.8. The number of nitrogens with one attached hydrogen (secondary N) is 6. The van der Waals surface area contributed by atoms with Gasteiger partial charge in [-0.3, -0.25) is 47.9 Å². The Hall–Kier alpha value is -5.99. The lowest BCUT2D eigenvalue weighted by atomic mass is 10.1. The Morgan fingerprint density at radius 3 is 1.48 bits per heavy atom. The maximum Gasteiger partial charge on any atom is 0.340 e. The summed E-state index contributed by atoms with van der Waals surface area (Å²) in [7, 11) is 1.06. The zero-order chi connectivity index (χ0) is 43.9. The van der Waals surface area contributed by atoms with E-state index in [1.165, 1.54) is 18.2 Å². The van der Waals surface area contributed by atoms with Gasteiger partial charge in [0.15, 0.2) is 0 Å². The Bertz CT molecular complexity index is 1710. The fraction of sp³-hybridized carbons (Fsp3) is 0.469. The van der Waals surface area contributed by atoms with Crippen molar-refractivity contribution in [3.8, 4) is 0 Å². The molecule has 4 unspecified atom stereocenters. The van der Waals surface area contributed by atoms with Gasteiger partial charge in [-0.15, -0.1) is 23.5 Å². The molecule has 1 aromatic rings. The van der Waals surface area contributed by atoms with Gasteiger partial charge < -0.3 is 68.5 Å². The number of esters is 1. The average Bonchev–Trinajstić information content (AvgIpc) is 3.16. The zero-order valence-corrected chi connectivity index (χ0v) is 32.4. The van der Waals surface area contributed by atoms with Gasteiger partial charge in [0.2, 0.25) is 35.4 Å². The predicted molar refractivity (Wildman–Crippen MR) is 205 cm³/mol. The van der Waals surface area contributed by atoms with E-state index in [0.717, 1.165) is 30.6 Å². The van der Waals surface area contributed by atoms with E-state index in [2.05, 4.69) is 31.9 Å². The van der Waals surface area contributed by atoms with E-state index in [1.54, 1.807) is 0 Å². The first kappa shape index (κ1) is 50.0. The summed E-state index contributed by atoms with van der Waals surface area (Å²) in [6, 6.07) is -1.46. The van der Waals surface area contributed by atoms with Crippen molar-refractivity contribution >= 4 is 100 Å². The van der Waals surface area contributed by atoms with Gasteiger partial charge in [-0.1, -0.05) is 6.07 Å². The summed E-state index contributed by atoms with van der Waals surface area (Å²) in [5.41, 5.74) is 10.3. The second kappa shape index (κ2) is 26.0. The summed E-state index contributed by atoms with van der Waals surface area (Å²) in [5.74, 6) is -12.6. The first-order valence-electron chi connectivity index (χ1n) is 16.8. The fourth-order valence-electron chi connectivity index (χ4n) is 4.26. The van der Waals surface area contributed by atoms with Crippen molar-refractivity contribution in [3.63, 3.8) is 0 Å². The first-order valence-corrected chi connectivity index (χ1v) is 19.1. The number of thioether (sulfide) groups is 2. The minimum Gasteiger partial charge on any atom is -0.480 e. The number of carboxylic acids is 4. The number of carboxylic acid groups (broad SMARTS) is 4. The van der Waals surface area contributed by atoms with Crippen LogP contribution in [0.25, 0.3) is 0 Å². The van der Waals surface area contributed by atoms with Crippen LogP contribution in [0, 0.1) is 0 Å². The molecule has 320 valence electrons. The Morgan fingerprint density at radius 2 is 1.09 bits per heavy atom. The monoisotopic (exact) mass is 860 g/mol. The van der Waals surface area contributed by atoms with Crippen LogP contribution in [-0.2, 0) is 52.7 Å². The predicted octanol–water partition coefficient (Wildman–Crippen LogP) is -3.43. The number of carbonyl (C=O) groups is 11. The van der Waals surface area contributed by atoms with E-state index >= 15 is 0 Å². The van der Waals surface area contributed by atoms with Crippen molar-refractivity contribution in [1.29, 1.82) is 0 Å². The van der Waals surface area contributed by atoms with Gasteiger partial charge in [0.05, 0.1) is 35.6 Å². The molecular formula is C32H44N8O16S2. The topological polar surface area (TPSA) is 402 Å². The summed E-state index contributed by atoms with van der Waals surface area (Å²) in [6.07, 6.45) is -1.30. The number of nitrogens with two attached hydrogens (primary N) is 2. The standard InChI is InChI=1S/C32H44N8O16S2/c1-56-32(55)15-3-2-4-18(37-23(43)13-57-11-19(28(49)35-9-25(45)46)38-21(41)7-5-16(33)30(51)52)27(15)40-24(44)14-58-12-20(29(50)36-10-26(47)48)39-22(42)8-6-17(34)31(53)54/h2-4,16-17,19-20H,5-14,33-34H2,1H3,(H,35,49)(H,36,50)(H,37,43)(H,38,41)(H,39,42)(H,40,44)(H,45,46)(H,47,48)(H,51,52)(H,53,54). The number of rotatable bonds is 27. The molecule has 58 heavy (non-hydrogen) atoms. The van der Waals surface area contributed by atoms with Gasteiger partial charge in [0.25, 0.3) is 0 Å². The molecular weight excluding hydrogens is 817 g/mol. The van der Waals surface area contributed by atoms with E-state index in [-0.39, 0.29) is 59.9 Å². The van der Waals surface area contributed by atoms with Gasteiger partial charge in [-0.2, -0.15) is 0 Å². The highest BCUT2D eigenvalue weighted by atomic mass is 32.2. The number of methoxy groups -OCH3 is 1. The van der Waals surface area contributed by atoms with E-state index < -0.39 is 108 Å². The van der Waals surface area contributed by atoms with Gasteiger partial charge in [-0.05, 0) is 25.0 Å². The van der Waals surface area contributed by atoms with Gasteiger partial charge in [0.1, 0.15) is 37.3 Å². The zero-order valence-electron chi connectivity index (χ0n) is 30.8. The highest BCUT2D eigenvalue weighted by Crippen LogP contribution is 2.28. The molecule has 0 aliphatic heterocycles. The molecule has 0 aliphatic rings. The Labute approximate surface area is 337 Å². The smallest absolute Gasteiger partial charge is 0.340 e. The van der Waals surface area contributed by atoms with Crippen LogP contribution in [0.5, 0.6) is 0 Å². The average molecular weight is 861 g/mol. The molecule has 24 nitrogen and oxygen atoms in total. The highest BCUT2D eigenvalue weighted by molar-refractivity contribution is 8.00. The third-order valence-electron chi connectivity index (χ3n) is 7.17. The molecule has 0 spiro atoms. The lowest BCUT2D eigenvalue weighted by Gasteiger charge is -2.19. The molecule has 0 saturated heterocycles. The molecule has 26 heteroatoms. The molecule has 1 aromatic carbocycles. The molecule has 0 aliphatic carbocycles. The van der Waals surface area contributed by atoms with Crippen LogP contribution < -0.4 is 43.4 Å². The van der Waals surface area contributed by atoms with Crippen molar-refractivity contribution in [1.82, 2.24) is 21.3 Å². The number of hydrogen-bond acceptors (Lipinski definition) is 16. The maximum atomic E-state index is 13.1. The van der Waals surface area contributed by atoms with E-state index in [9.17, 15) is 52.7 Å². The summed E-state index contributed by atoms with van der Waals surface area (Å²) in [6.45, 7) is -1.57. The minimum absolute atomic E-state index is 0.0802. The first-order chi connectivity index (χ1) is 27.2. The molecule has 0 radical (unpaired) electrons. The van der Waals surface area contributed by atoms with Gasteiger partial charge in [0, 0.05) is 24.3 Å². The van der Waals surface area contributed by atoms with E-state index in [0.29, 0.717) is 0 Å². The van der Waals surface area contributed by atoms with Crippen molar-refractivity contribution in [2.45, 2.75) is 49.9 Å². The lowest BCUT2D eigenvalue weighted by Crippen LogP contribution is -2.49. The third kappa shape index (κ3) is 19.7. The summed E-state index contributed by atoms with van der Waals surface area (Å²) in [5, 5.41) is 49.5. The molecule has 4 atom stereocenters. The summed E-state index contributed by atoms with van der Waals surface area (Å²) in [4.78, 5) is 132. The van der Waals surface area contributed by atoms with Crippen LogP contribution in [-0.4, -0.2) is 153 Å². The van der Waals surface area contributed by atoms with Crippen LogP contribution in [0.1, 0.15) is 36.0 Å². The molecule has 0 saturated carbocycles. The number of anilines is 2. The quantitative estimate of drug-likeness (QED) is 0.0383. The maximum absolute atomic E-state index is 13.1. The number of aliphatic carboxylic acids is 4. The number of benzene rings is 1. The van der Waals surface area contributed by atoms with Crippen molar-refractivity contribution in [2.75, 3.05) is 53.8 Å². The number of para-hydroxylation sites is 1. The molecule has 0 heterocycles. The molecule has 0 bridgehead atoms. The Kier molecular flexibility index (Phi) is 22.5. The molecule has 0 aromatic heterocycles. The lowest BCUT2D eigenvalue weighted by molar-refractivity contribution is -0.140. The molecule has 6 amide bonds. The number of ether oxygens (including phenoxy) is 1. The third-order valence-corrected chi connectivity index (χ3v) is 9.24.